The predicted octanol–water partition coefficient (Wildman–Crippen LogP) is 0.222. The van der Waals surface area contributed by atoms with Crippen molar-refractivity contribution in [1.82, 2.24) is 4.90 Å². The van der Waals surface area contributed by atoms with Gasteiger partial charge in [-0.15, -0.1) is 0 Å². The molecular weight excluding hydrogens is 134 g/mol. The summed E-state index contributed by atoms with van der Waals surface area (Å²) in [6, 6.07) is 0. The standard InChI is InChI=1S/C6H9NO3/c1-4-5(6(8)9)7(2)3-10-4/h3H2,1-2H3,(H,8,9). The van der Waals surface area contributed by atoms with Crippen molar-refractivity contribution in [3.63, 3.8) is 0 Å². The molecule has 0 aliphatic carbocycles. The Morgan fingerprint density at radius 2 is 2.40 bits per heavy atom. The van der Waals surface area contributed by atoms with Gasteiger partial charge in [-0.3, -0.25) is 0 Å². The molecular formula is C6H9NO3. The van der Waals surface area contributed by atoms with Gasteiger partial charge < -0.3 is 14.7 Å². The van der Waals surface area contributed by atoms with Gasteiger partial charge in [0.25, 0.3) is 0 Å². The molecule has 1 N–H and O–H groups in total. The summed E-state index contributed by atoms with van der Waals surface area (Å²) in [5, 5.41) is 8.57. The third kappa shape index (κ3) is 0.920. The zero-order valence-electron chi connectivity index (χ0n) is 5.92. The average Bonchev–Trinajstić information content (AvgIpc) is 2.11. The predicted molar refractivity (Wildman–Crippen MR) is 34.1 cm³/mol. The number of carbonyl (C=O) groups is 1. The van der Waals surface area contributed by atoms with Crippen LogP contribution in [0.2, 0.25) is 0 Å². The summed E-state index contributed by atoms with van der Waals surface area (Å²) in [5.41, 5.74) is 0.250. The summed E-state index contributed by atoms with van der Waals surface area (Å²) in [7, 11) is 1.68. The molecule has 0 fully saturated rings. The topological polar surface area (TPSA) is 49.8 Å². The summed E-state index contributed by atoms with van der Waals surface area (Å²) in [4.78, 5) is 12.0. The van der Waals surface area contributed by atoms with Crippen LogP contribution < -0.4 is 0 Å². The Hall–Kier alpha value is -1.19. The molecule has 4 nitrogen and oxygen atoms in total. The van der Waals surface area contributed by atoms with E-state index in [0.29, 0.717) is 12.5 Å². The first-order valence-corrected chi connectivity index (χ1v) is 2.91. The summed E-state index contributed by atoms with van der Waals surface area (Å²) < 4.78 is 4.96. The van der Waals surface area contributed by atoms with Crippen LogP contribution in [-0.2, 0) is 9.53 Å². The highest BCUT2D eigenvalue weighted by atomic mass is 16.5. The number of aliphatic carboxylic acids is 1. The third-order valence-electron chi connectivity index (χ3n) is 1.39. The van der Waals surface area contributed by atoms with Crippen LogP contribution in [0.1, 0.15) is 6.92 Å². The fraction of sp³-hybridized carbons (Fsp3) is 0.500. The molecule has 0 spiro atoms. The molecule has 10 heavy (non-hydrogen) atoms. The second kappa shape index (κ2) is 2.21. The second-order valence-corrected chi connectivity index (χ2v) is 2.18. The third-order valence-corrected chi connectivity index (χ3v) is 1.39. The maximum absolute atomic E-state index is 10.4. The van der Waals surface area contributed by atoms with Gasteiger partial charge in [0.2, 0.25) is 0 Å². The Kier molecular flexibility index (Phi) is 1.53. The van der Waals surface area contributed by atoms with Gasteiger partial charge in [0.05, 0.1) is 0 Å². The number of carboxylic acid groups (broad SMARTS) is 1. The minimum Gasteiger partial charge on any atom is -0.476 e. The molecule has 0 aromatic rings. The molecule has 1 rings (SSSR count). The van der Waals surface area contributed by atoms with Crippen molar-refractivity contribution < 1.29 is 14.6 Å². The van der Waals surface area contributed by atoms with Gasteiger partial charge in [-0.05, 0) is 6.92 Å². The molecule has 1 heterocycles. The SMILES string of the molecule is CC1=C(C(=O)O)N(C)CO1. The molecule has 0 saturated carbocycles. The van der Waals surface area contributed by atoms with E-state index >= 15 is 0 Å². The Morgan fingerprint density at radius 3 is 2.60 bits per heavy atom. The van der Waals surface area contributed by atoms with Crippen molar-refractivity contribution >= 4 is 5.97 Å². The summed E-state index contributed by atoms with van der Waals surface area (Å²) in [5.74, 6) is -0.451. The number of likely N-dealkylation sites (N-methyl/N-ethyl adjacent to an activating group) is 1. The van der Waals surface area contributed by atoms with E-state index < -0.39 is 5.97 Å². The molecule has 0 saturated heterocycles. The van der Waals surface area contributed by atoms with Crippen LogP contribution in [0, 0.1) is 0 Å². The summed E-state index contributed by atoms with van der Waals surface area (Å²) in [6.07, 6.45) is 0. The van der Waals surface area contributed by atoms with Gasteiger partial charge in [0, 0.05) is 7.05 Å². The molecule has 1 aliphatic rings. The van der Waals surface area contributed by atoms with E-state index in [1.165, 1.54) is 0 Å². The number of hydrogen-bond donors (Lipinski definition) is 1. The Labute approximate surface area is 58.7 Å². The van der Waals surface area contributed by atoms with Crippen molar-refractivity contribution in [2.24, 2.45) is 0 Å². The largest absolute Gasteiger partial charge is 0.476 e. The van der Waals surface area contributed by atoms with Crippen molar-refractivity contribution in [1.29, 1.82) is 0 Å². The van der Waals surface area contributed by atoms with Crippen molar-refractivity contribution in [2.75, 3.05) is 13.8 Å². The zero-order chi connectivity index (χ0) is 7.72. The van der Waals surface area contributed by atoms with Crippen LogP contribution in [0.5, 0.6) is 0 Å². The lowest BCUT2D eigenvalue weighted by atomic mass is 10.4. The lowest BCUT2D eigenvalue weighted by Crippen LogP contribution is -2.19. The first kappa shape index (κ1) is 6.92. The quantitative estimate of drug-likeness (QED) is 0.570. The van der Waals surface area contributed by atoms with Crippen molar-refractivity contribution in [2.45, 2.75) is 6.92 Å². The van der Waals surface area contributed by atoms with Crippen LogP contribution in [-0.4, -0.2) is 29.8 Å². The molecule has 0 amide bonds. The minimum atomic E-state index is -0.933. The first-order valence-electron chi connectivity index (χ1n) is 2.91. The Bertz CT molecular complexity index is 197. The molecule has 0 atom stereocenters. The van der Waals surface area contributed by atoms with Crippen molar-refractivity contribution in [3.8, 4) is 0 Å². The van der Waals surface area contributed by atoms with Gasteiger partial charge in [0.15, 0.2) is 12.4 Å². The molecule has 0 aromatic heterocycles. The molecule has 0 radical (unpaired) electrons. The van der Waals surface area contributed by atoms with E-state index in [1.807, 2.05) is 0 Å². The van der Waals surface area contributed by atoms with Crippen LogP contribution in [0.4, 0.5) is 0 Å². The highest BCUT2D eigenvalue weighted by Gasteiger charge is 2.23. The van der Waals surface area contributed by atoms with Crippen LogP contribution in [0.15, 0.2) is 11.5 Å². The molecule has 0 unspecified atom stereocenters. The molecule has 1 aliphatic heterocycles. The second-order valence-electron chi connectivity index (χ2n) is 2.18. The normalized spacial score (nSPS) is 17.6. The fourth-order valence-electron chi connectivity index (χ4n) is 0.909. The summed E-state index contributed by atoms with van der Waals surface area (Å²) in [6.45, 7) is 1.99. The molecule has 56 valence electrons. The highest BCUT2D eigenvalue weighted by molar-refractivity contribution is 5.86. The Balaban J connectivity index is 2.88. The average molecular weight is 143 g/mol. The highest BCUT2D eigenvalue weighted by Crippen LogP contribution is 2.17. The van der Waals surface area contributed by atoms with E-state index in [1.54, 1.807) is 18.9 Å². The van der Waals surface area contributed by atoms with E-state index in [2.05, 4.69) is 0 Å². The zero-order valence-corrected chi connectivity index (χ0v) is 5.92. The molecule has 0 aromatic carbocycles. The van der Waals surface area contributed by atoms with E-state index in [4.69, 9.17) is 9.84 Å². The van der Waals surface area contributed by atoms with Gasteiger partial charge in [0.1, 0.15) is 5.76 Å². The van der Waals surface area contributed by atoms with Crippen LogP contribution in [0.25, 0.3) is 0 Å². The number of nitrogens with zero attached hydrogens (tertiary/aromatic N) is 1. The van der Waals surface area contributed by atoms with Crippen LogP contribution in [0.3, 0.4) is 0 Å². The maximum Gasteiger partial charge on any atom is 0.355 e. The number of carboxylic acids is 1. The first-order chi connectivity index (χ1) is 4.63. The van der Waals surface area contributed by atoms with Gasteiger partial charge >= 0.3 is 5.97 Å². The monoisotopic (exact) mass is 143 g/mol. The van der Waals surface area contributed by atoms with Crippen molar-refractivity contribution in [3.05, 3.63) is 11.5 Å². The van der Waals surface area contributed by atoms with Crippen LogP contribution >= 0.6 is 0 Å². The molecule has 0 bridgehead atoms. The maximum atomic E-state index is 10.4. The number of rotatable bonds is 1. The summed E-state index contributed by atoms with van der Waals surface area (Å²) >= 11 is 0. The number of allylic oxidation sites excluding steroid dienone is 1. The molecule has 4 heteroatoms. The van der Waals surface area contributed by atoms with E-state index in [9.17, 15) is 4.79 Å². The number of ether oxygens (including phenoxy) is 1. The lowest BCUT2D eigenvalue weighted by Gasteiger charge is -2.07. The number of hydrogen-bond acceptors (Lipinski definition) is 3. The smallest absolute Gasteiger partial charge is 0.355 e. The van der Waals surface area contributed by atoms with Gasteiger partial charge in [-0.2, -0.15) is 0 Å². The minimum absolute atomic E-state index is 0.250. The fourth-order valence-corrected chi connectivity index (χ4v) is 0.909. The van der Waals surface area contributed by atoms with E-state index in [-0.39, 0.29) is 5.70 Å². The van der Waals surface area contributed by atoms with Gasteiger partial charge in [-0.1, -0.05) is 0 Å². The van der Waals surface area contributed by atoms with E-state index in [0.717, 1.165) is 0 Å². The van der Waals surface area contributed by atoms with Gasteiger partial charge in [-0.25, -0.2) is 4.79 Å². The Morgan fingerprint density at radius 1 is 1.80 bits per heavy atom. The lowest BCUT2D eigenvalue weighted by molar-refractivity contribution is -0.134.